The minimum atomic E-state index is -3.34. The molecule has 0 N–H and O–H groups in total. The first-order valence-electron chi connectivity index (χ1n) is 6.99. The molecule has 1 aliphatic rings. The van der Waals surface area contributed by atoms with E-state index in [9.17, 15) is 8.42 Å². The predicted molar refractivity (Wildman–Crippen MR) is 97.0 cm³/mol. The third-order valence-electron chi connectivity index (χ3n) is 3.63. The summed E-state index contributed by atoms with van der Waals surface area (Å²) in [6.45, 7) is 3.79. The fourth-order valence-corrected chi connectivity index (χ4v) is 4.81. The standard InChI is InChI=1S/C16H20INO2S/c1-3-8-13-9-4-6-11-15(13)18(21(2,19)20)16-12-7-5-10-14(16)17/h3,5,7,9-10,12,15H,1,4,6,8,11H2,2H3/t15-/m0/s1. The minimum absolute atomic E-state index is 0.0948. The monoisotopic (exact) mass is 417 g/mol. The highest BCUT2D eigenvalue weighted by Gasteiger charge is 2.31. The highest BCUT2D eigenvalue weighted by molar-refractivity contribution is 14.1. The number of para-hydroxylation sites is 1. The molecular weight excluding hydrogens is 397 g/mol. The van der Waals surface area contributed by atoms with Crippen molar-refractivity contribution in [1.82, 2.24) is 0 Å². The van der Waals surface area contributed by atoms with Crippen LogP contribution in [0, 0.1) is 3.57 Å². The summed E-state index contributed by atoms with van der Waals surface area (Å²) in [6.07, 6.45) is 8.93. The summed E-state index contributed by atoms with van der Waals surface area (Å²) >= 11 is 2.19. The lowest BCUT2D eigenvalue weighted by atomic mass is 9.91. The van der Waals surface area contributed by atoms with Crippen LogP contribution >= 0.6 is 22.6 Å². The molecular formula is C16H20INO2S. The van der Waals surface area contributed by atoms with Crippen molar-refractivity contribution in [2.75, 3.05) is 10.6 Å². The van der Waals surface area contributed by atoms with E-state index >= 15 is 0 Å². The molecule has 0 spiro atoms. The summed E-state index contributed by atoms with van der Waals surface area (Å²) in [5, 5.41) is 0. The Bertz CT molecular complexity index is 652. The van der Waals surface area contributed by atoms with Gasteiger partial charge in [-0.25, -0.2) is 8.42 Å². The number of hydrogen-bond acceptors (Lipinski definition) is 2. The molecule has 0 unspecified atom stereocenters. The molecule has 0 fully saturated rings. The first-order valence-corrected chi connectivity index (χ1v) is 9.91. The lowest BCUT2D eigenvalue weighted by molar-refractivity contribution is 0.563. The van der Waals surface area contributed by atoms with Crippen molar-refractivity contribution >= 4 is 38.3 Å². The highest BCUT2D eigenvalue weighted by atomic mass is 127. The summed E-state index contributed by atoms with van der Waals surface area (Å²) < 4.78 is 27.3. The average molecular weight is 417 g/mol. The topological polar surface area (TPSA) is 37.4 Å². The van der Waals surface area contributed by atoms with Crippen LogP contribution in [-0.2, 0) is 10.0 Å². The van der Waals surface area contributed by atoms with Crippen LogP contribution in [0.15, 0.2) is 48.6 Å². The molecule has 114 valence electrons. The van der Waals surface area contributed by atoms with E-state index in [1.165, 1.54) is 6.26 Å². The fourth-order valence-electron chi connectivity index (χ4n) is 2.78. The molecule has 1 aromatic rings. The summed E-state index contributed by atoms with van der Waals surface area (Å²) in [6, 6.07) is 7.53. The van der Waals surface area contributed by atoms with E-state index in [2.05, 4.69) is 35.2 Å². The van der Waals surface area contributed by atoms with Crippen LogP contribution < -0.4 is 4.31 Å². The summed E-state index contributed by atoms with van der Waals surface area (Å²) in [5.74, 6) is 0. The van der Waals surface area contributed by atoms with Crippen LogP contribution in [0.5, 0.6) is 0 Å². The van der Waals surface area contributed by atoms with Crippen LogP contribution in [0.3, 0.4) is 0 Å². The van der Waals surface area contributed by atoms with Gasteiger partial charge in [0.1, 0.15) is 0 Å². The van der Waals surface area contributed by atoms with Crippen LogP contribution in [0.1, 0.15) is 25.7 Å². The maximum Gasteiger partial charge on any atom is 0.232 e. The van der Waals surface area contributed by atoms with E-state index in [1.54, 1.807) is 4.31 Å². The molecule has 5 heteroatoms. The third-order valence-corrected chi connectivity index (χ3v) is 5.70. The molecule has 0 aromatic heterocycles. The molecule has 0 aliphatic heterocycles. The van der Waals surface area contributed by atoms with Gasteiger partial charge in [0, 0.05) is 3.57 Å². The van der Waals surface area contributed by atoms with E-state index in [-0.39, 0.29) is 6.04 Å². The lowest BCUT2D eigenvalue weighted by Crippen LogP contribution is -2.42. The van der Waals surface area contributed by atoms with Crippen molar-refractivity contribution in [2.24, 2.45) is 0 Å². The molecule has 1 atom stereocenters. The van der Waals surface area contributed by atoms with Crippen LogP contribution in [-0.4, -0.2) is 20.7 Å². The number of benzene rings is 1. The highest BCUT2D eigenvalue weighted by Crippen LogP contribution is 2.34. The zero-order valence-electron chi connectivity index (χ0n) is 12.1. The van der Waals surface area contributed by atoms with Crippen LogP contribution in [0.25, 0.3) is 0 Å². The molecule has 3 nitrogen and oxygen atoms in total. The molecule has 1 aliphatic carbocycles. The van der Waals surface area contributed by atoms with E-state index in [0.717, 1.165) is 40.5 Å². The number of anilines is 1. The molecule has 21 heavy (non-hydrogen) atoms. The Balaban J connectivity index is 2.51. The van der Waals surface area contributed by atoms with Gasteiger partial charge in [-0.05, 0) is 66.0 Å². The maximum absolute atomic E-state index is 12.4. The number of hydrogen-bond donors (Lipinski definition) is 0. The van der Waals surface area contributed by atoms with Crippen LogP contribution in [0.2, 0.25) is 0 Å². The average Bonchev–Trinajstić information content (AvgIpc) is 2.42. The van der Waals surface area contributed by atoms with Crippen LogP contribution in [0.4, 0.5) is 5.69 Å². The van der Waals surface area contributed by atoms with Crippen molar-refractivity contribution in [3.63, 3.8) is 0 Å². The normalized spacial score (nSPS) is 19.0. The Labute approximate surface area is 140 Å². The Morgan fingerprint density at radius 1 is 1.43 bits per heavy atom. The van der Waals surface area contributed by atoms with Crippen molar-refractivity contribution < 1.29 is 8.42 Å². The zero-order chi connectivity index (χ0) is 15.5. The van der Waals surface area contributed by atoms with Crippen molar-refractivity contribution in [3.8, 4) is 0 Å². The number of sulfonamides is 1. The first kappa shape index (κ1) is 16.5. The maximum atomic E-state index is 12.4. The summed E-state index contributed by atoms with van der Waals surface area (Å²) in [4.78, 5) is 0. The fraction of sp³-hybridized carbons (Fsp3) is 0.375. The second-order valence-electron chi connectivity index (χ2n) is 5.23. The van der Waals surface area contributed by atoms with Gasteiger partial charge in [0.15, 0.2) is 0 Å². The molecule has 0 heterocycles. The van der Waals surface area contributed by atoms with Crippen molar-refractivity contribution in [1.29, 1.82) is 0 Å². The van der Waals surface area contributed by atoms with Gasteiger partial charge in [-0.15, -0.1) is 6.58 Å². The number of nitrogens with zero attached hydrogens (tertiary/aromatic N) is 1. The smallest absolute Gasteiger partial charge is 0.232 e. The Kier molecular flexibility index (Phi) is 5.48. The largest absolute Gasteiger partial charge is 0.262 e. The SMILES string of the molecule is C=CCC1=CCCC[C@@H]1N(c1ccccc1I)S(C)(=O)=O. The van der Waals surface area contributed by atoms with E-state index in [1.807, 2.05) is 30.3 Å². The lowest BCUT2D eigenvalue weighted by Gasteiger charge is -2.35. The van der Waals surface area contributed by atoms with Gasteiger partial charge in [-0.1, -0.05) is 24.3 Å². The van der Waals surface area contributed by atoms with E-state index < -0.39 is 10.0 Å². The number of allylic oxidation sites excluding steroid dienone is 2. The molecule has 1 aromatic carbocycles. The Morgan fingerprint density at radius 2 is 2.14 bits per heavy atom. The van der Waals surface area contributed by atoms with E-state index in [0.29, 0.717) is 0 Å². The number of rotatable bonds is 5. The predicted octanol–water partition coefficient (Wildman–Crippen LogP) is 4.11. The van der Waals surface area contributed by atoms with E-state index in [4.69, 9.17) is 0 Å². The second kappa shape index (κ2) is 6.96. The van der Waals surface area contributed by atoms with Gasteiger partial charge >= 0.3 is 0 Å². The minimum Gasteiger partial charge on any atom is -0.262 e. The number of halogens is 1. The molecule has 0 amide bonds. The van der Waals surface area contributed by atoms with Gasteiger partial charge in [0.25, 0.3) is 0 Å². The second-order valence-corrected chi connectivity index (χ2v) is 8.25. The molecule has 0 radical (unpaired) electrons. The molecule has 2 rings (SSSR count). The third kappa shape index (κ3) is 3.88. The van der Waals surface area contributed by atoms with Gasteiger partial charge in [-0.2, -0.15) is 0 Å². The van der Waals surface area contributed by atoms with Gasteiger partial charge in [0.05, 0.1) is 18.0 Å². The molecule has 0 saturated heterocycles. The van der Waals surface area contributed by atoms with Crippen molar-refractivity contribution in [3.05, 3.63) is 52.1 Å². The molecule has 0 saturated carbocycles. The van der Waals surface area contributed by atoms with Gasteiger partial charge < -0.3 is 0 Å². The zero-order valence-corrected chi connectivity index (χ0v) is 15.1. The Hall–Kier alpha value is -0.820. The summed E-state index contributed by atoms with van der Waals surface area (Å²) in [7, 11) is -3.34. The molecule has 0 bridgehead atoms. The Morgan fingerprint density at radius 3 is 2.76 bits per heavy atom. The van der Waals surface area contributed by atoms with Gasteiger partial charge in [0.2, 0.25) is 10.0 Å². The van der Waals surface area contributed by atoms with Gasteiger partial charge in [-0.3, -0.25) is 4.31 Å². The quantitative estimate of drug-likeness (QED) is 0.534. The van der Waals surface area contributed by atoms with Crippen molar-refractivity contribution in [2.45, 2.75) is 31.7 Å². The summed E-state index contributed by atoms with van der Waals surface area (Å²) in [5.41, 5.74) is 1.92. The first-order chi connectivity index (χ1) is 9.95.